The number of rotatable bonds is 0. The van der Waals surface area contributed by atoms with Gasteiger partial charge in [0, 0.05) is 0 Å². The molecule has 5 aliphatic rings. The van der Waals surface area contributed by atoms with E-state index in [1.165, 1.54) is 48.6 Å². The zero-order valence-electron chi connectivity index (χ0n) is 25.9. The van der Waals surface area contributed by atoms with Crippen LogP contribution in [-0.4, -0.2) is 78.6 Å². The fourth-order valence-corrected chi connectivity index (χ4v) is 18.0. The maximum atomic E-state index is 14.3. The Morgan fingerprint density at radius 3 is 0.500 bits per heavy atom. The van der Waals surface area contributed by atoms with Crippen LogP contribution >= 0.6 is 0 Å². The van der Waals surface area contributed by atoms with Gasteiger partial charge in [0.05, 0.1) is 0 Å². The lowest BCUT2D eigenvalue weighted by atomic mass is 10.1. The summed E-state index contributed by atoms with van der Waals surface area (Å²) in [5.74, 6) is -3.71. The van der Waals surface area contributed by atoms with Gasteiger partial charge in [0.25, 0.3) is 0 Å². The van der Waals surface area contributed by atoms with E-state index in [1.807, 2.05) is 0 Å². The quantitative estimate of drug-likeness (QED) is 0.287. The van der Waals surface area contributed by atoms with Gasteiger partial charge >= 0.3 is 0 Å². The van der Waals surface area contributed by atoms with Crippen LogP contribution in [-0.2, 0) is 38.4 Å². The number of hydrogen-bond donors (Lipinski definition) is 0. The van der Waals surface area contributed by atoms with Crippen molar-refractivity contribution in [3.05, 3.63) is 90.2 Å². The summed E-state index contributed by atoms with van der Waals surface area (Å²) in [5, 5.41) is 1.07. The van der Waals surface area contributed by atoms with Gasteiger partial charge in [-0.3, -0.25) is 38.4 Å². The Balaban J connectivity index is 1.85. The summed E-state index contributed by atoms with van der Waals surface area (Å²) in [7, 11) is -13.4. The summed E-state index contributed by atoms with van der Waals surface area (Å²) < 4.78 is 0. The van der Waals surface area contributed by atoms with E-state index in [1.54, 1.807) is 52.4 Å². The zero-order valence-corrected chi connectivity index (χ0v) is 29.9. The van der Waals surface area contributed by atoms with E-state index in [-0.39, 0.29) is 41.6 Å². The van der Waals surface area contributed by atoms with Crippen molar-refractivity contribution < 1.29 is 38.4 Å². The Bertz CT molecular complexity index is 1500. The van der Waals surface area contributed by atoms with Crippen LogP contribution in [0.3, 0.4) is 0 Å². The van der Waals surface area contributed by atoms with Crippen molar-refractivity contribution in [1.82, 2.24) is 0 Å². The van der Waals surface area contributed by atoms with Crippen molar-refractivity contribution >= 4 is 78.6 Å². The minimum Gasteiger partial charge on any atom is -0.290 e. The molecule has 4 aliphatic carbocycles. The van der Waals surface area contributed by atoms with Gasteiger partial charge in [-0.2, -0.15) is 0 Å². The summed E-state index contributed by atoms with van der Waals surface area (Å²) in [6.07, 6.45) is 9.76. The van der Waals surface area contributed by atoms with E-state index in [2.05, 4.69) is 0 Å². The molecule has 0 atom stereocenters. The molecule has 1 fully saturated rings. The second kappa shape index (κ2) is 9.82. The average Bonchev–Trinajstić information content (AvgIpc) is 2.91. The van der Waals surface area contributed by atoms with Gasteiger partial charge in [0.15, 0.2) is 46.3 Å². The second-order valence-electron chi connectivity index (χ2n) is 13.9. The molecular formula is C32H32O8Si4. The van der Waals surface area contributed by atoms with Crippen molar-refractivity contribution in [2.75, 3.05) is 0 Å². The predicted molar refractivity (Wildman–Crippen MR) is 175 cm³/mol. The van der Waals surface area contributed by atoms with Crippen LogP contribution in [0.5, 0.6) is 0 Å². The van der Waals surface area contributed by atoms with Crippen molar-refractivity contribution in [3.8, 4) is 0 Å². The standard InChI is InChI=1S/C32H32O8Si4/c1-41(2)21-9-17(33)11-23(29(21)37)42(3,4)25-13-19(35)15-27(31(25)39)44(7,8)28-16-20(36)14-26(32(28)40)43(5,6)24-12-18(34)10-22(41)30(24)38/h9-16H,1-8H3. The molecule has 0 aromatic carbocycles. The van der Waals surface area contributed by atoms with Crippen molar-refractivity contribution in [2.24, 2.45) is 0 Å². The van der Waals surface area contributed by atoms with E-state index in [0.717, 1.165) is 0 Å². The van der Waals surface area contributed by atoms with Gasteiger partial charge in [-0.25, -0.2) is 0 Å². The molecule has 8 nitrogen and oxygen atoms in total. The lowest BCUT2D eigenvalue weighted by Gasteiger charge is -2.39. The summed E-state index contributed by atoms with van der Waals surface area (Å²) in [6.45, 7) is 13.8. The van der Waals surface area contributed by atoms with Gasteiger partial charge in [-0.15, -0.1) is 0 Å². The highest BCUT2D eigenvalue weighted by molar-refractivity contribution is 7.08. The Kier molecular flexibility index (Phi) is 7.05. The highest BCUT2D eigenvalue weighted by Crippen LogP contribution is 2.42. The van der Waals surface area contributed by atoms with Gasteiger partial charge < -0.3 is 0 Å². The summed E-state index contributed by atoms with van der Waals surface area (Å²) in [5.41, 5.74) is 0. The van der Waals surface area contributed by atoms with Crippen LogP contribution in [0.2, 0.25) is 52.4 Å². The third kappa shape index (κ3) is 4.50. The van der Waals surface area contributed by atoms with Crippen LogP contribution in [0.4, 0.5) is 0 Å². The molecule has 0 saturated carbocycles. The third-order valence-electron chi connectivity index (χ3n) is 9.64. The molecular weight excluding hydrogens is 625 g/mol. The third-order valence-corrected chi connectivity index (χ3v) is 23.4. The average molecular weight is 657 g/mol. The molecule has 1 heterocycles. The van der Waals surface area contributed by atoms with Crippen LogP contribution < -0.4 is 0 Å². The Morgan fingerprint density at radius 1 is 0.273 bits per heavy atom. The number of fused-ring (bicyclic) bond motifs is 8. The first-order chi connectivity index (χ1) is 20.1. The molecule has 1 saturated heterocycles. The molecule has 0 aromatic heterocycles. The molecule has 5 rings (SSSR count). The molecule has 8 bridgehead atoms. The predicted octanol–water partition coefficient (Wildman–Crippen LogP) is 3.17. The first kappa shape index (κ1) is 31.6. The summed E-state index contributed by atoms with van der Waals surface area (Å²) >= 11 is 0. The highest BCUT2D eigenvalue weighted by atomic mass is 28.3. The molecule has 224 valence electrons. The number of carbonyl (C=O) groups excluding carboxylic acids is 8. The van der Waals surface area contributed by atoms with E-state index in [9.17, 15) is 38.4 Å². The minimum atomic E-state index is -3.35. The topological polar surface area (TPSA) is 137 Å². The minimum absolute atomic E-state index is 0.134. The van der Waals surface area contributed by atoms with E-state index in [4.69, 9.17) is 0 Å². The Labute approximate surface area is 258 Å². The SMILES string of the molecule is C[Si]1(C)C2=CC(=O)C=C(C2=O)[Si](C)(C)C2=CC(=O)C=C(C2=O)[Si](C)(C)C2=CC(=O)C=C(C2=O)[Si](C)(C)C2=CC(=O)C=C1C2=O. The van der Waals surface area contributed by atoms with Crippen molar-refractivity contribution in [1.29, 1.82) is 0 Å². The second-order valence-corrected chi connectivity index (χ2v) is 31.2. The number of carbonyl (C=O) groups is 8. The normalized spacial score (nSPS) is 25.6. The number of allylic oxidation sites excluding steroid dienone is 16. The molecule has 0 spiro atoms. The number of ketones is 8. The van der Waals surface area contributed by atoms with E-state index < -0.39 is 78.6 Å². The van der Waals surface area contributed by atoms with Gasteiger partial charge in [0.2, 0.25) is 0 Å². The fraction of sp³-hybridized carbons (Fsp3) is 0.250. The molecule has 0 amide bonds. The maximum absolute atomic E-state index is 14.3. The molecule has 0 N–H and O–H groups in total. The maximum Gasteiger partial charge on any atom is 0.178 e. The highest BCUT2D eigenvalue weighted by Gasteiger charge is 2.53. The summed E-state index contributed by atoms with van der Waals surface area (Å²) in [4.78, 5) is 110. The molecule has 0 radical (unpaired) electrons. The number of hydrogen-bond acceptors (Lipinski definition) is 8. The van der Waals surface area contributed by atoms with Gasteiger partial charge in [-0.05, 0) is 90.2 Å². The zero-order chi connectivity index (χ0) is 32.9. The first-order valence-electron chi connectivity index (χ1n) is 14.3. The molecule has 1 aliphatic heterocycles. The van der Waals surface area contributed by atoms with E-state index in [0.29, 0.717) is 0 Å². The van der Waals surface area contributed by atoms with Crippen LogP contribution in [0.15, 0.2) is 90.2 Å². The molecule has 44 heavy (non-hydrogen) atoms. The summed E-state index contributed by atoms with van der Waals surface area (Å²) in [6, 6.07) is 0. The largest absolute Gasteiger partial charge is 0.290 e. The fourth-order valence-electron chi connectivity index (χ4n) is 6.70. The monoisotopic (exact) mass is 656 g/mol. The van der Waals surface area contributed by atoms with Crippen LogP contribution in [0.25, 0.3) is 0 Å². The van der Waals surface area contributed by atoms with E-state index >= 15 is 0 Å². The van der Waals surface area contributed by atoms with Gasteiger partial charge in [-0.1, -0.05) is 52.4 Å². The molecule has 0 aromatic rings. The Hall–Kier alpha value is -3.85. The molecule has 0 unspecified atom stereocenters. The van der Waals surface area contributed by atoms with Crippen molar-refractivity contribution in [3.63, 3.8) is 0 Å². The van der Waals surface area contributed by atoms with Crippen LogP contribution in [0, 0.1) is 0 Å². The van der Waals surface area contributed by atoms with Gasteiger partial charge in [0.1, 0.15) is 32.3 Å². The Morgan fingerprint density at radius 2 is 0.386 bits per heavy atom. The smallest absolute Gasteiger partial charge is 0.178 e. The number of Topliss-reactive ketones (excluding diaryl/α,β-unsaturated/α-hetero) is 4. The lowest BCUT2D eigenvalue weighted by Crippen LogP contribution is -2.53. The molecule has 12 heteroatoms. The van der Waals surface area contributed by atoms with Crippen molar-refractivity contribution in [2.45, 2.75) is 52.4 Å². The lowest BCUT2D eigenvalue weighted by molar-refractivity contribution is -0.115. The van der Waals surface area contributed by atoms with Crippen LogP contribution in [0.1, 0.15) is 0 Å². The first-order valence-corrected chi connectivity index (χ1v) is 26.3.